The molecule has 3 heterocycles. The molecular formula is C24H29N5O3. The average Bonchev–Trinajstić information content (AvgIpc) is 2.92. The van der Waals surface area contributed by atoms with E-state index in [1.165, 1.54) is 0 Å². The largest absolute Gasteiger partial charge is 0.344 e. The van der Waals surface area contributed by atoms with Crippen LogP contribution in [0.2, 0.25) is 0 Å². The Balaban J connectivity index is 1.45. The van der Waals surface area contributed by atoms with Gasteiger partial charge >= 0.3 is 5.69 Å². The van der Waals surface area contributed by atoms with Crippen molar-refractivity contribution in [1.29, 1.82) is 0 Å². The molecule has 0 unspecified atom stereocenters. The van der Waals surface area contributed by atoms with E-state index in [-0.39, 0.29) is 23.4 Å². The topological polar surface area (TPSA) is 80.4 Å². The summed E-state index contributed by atoms with van der Waals surface area (Å²) in [6, 6.07) is 11.6. The summed E-state index contributed by atoms with van der Waals surface area (Å²) in [5.74, 6) is -0.195. The summed E-state index contributed by atoms with van der Waals surface area (Å²) >= 11 is 0. The van der Waals surface area contributed by atoms with E-state index in [1.807, 2.05) is 41.3 Å². The highest BCUT2D eigenvalue weighted by atomic mass is 16.2. The number of hydrogen-bond donors (Lipinski definition) is 0. The monoisotopic (exact) mass is 435 g/mol. The van der Waals surface area contributed by atoms with Crippen LogP contribution in [0, 0.1) is 5.92 Å². The zero-order chi connectivity index (χ0) is 22.8. The molecule has 3 aromatic rings. The Hall–Kier alpha value is -3.42. The van der Waals surface area contributed by atoms with Gasteiger partial charge in [0.05, 0.1) is 17.0 Å². The van der Waals surface area contributed by atoms with Crippen LogP contribution < -0.4 is 5.69 Å². The van der Waals surface area contributed by atoms with Crippen molar-refractivity contribution in [1.82, 2.24) is 23.9 Å². The van der Waals surface area contributed by atoms with E-state index in [4.69, 9.17) is 0 Å². The molecule has 1 aromatic carbocycles. The smallest absolute Gasteiger partial charge is 0.328 e. The number of pyridine rings is 1. The van der Waals surface area contributed by atoms with E-state index in [9.17, 15) is 14.4 Å². The molecule has 0 radical (unpaired) electrons. The highest BCUT2D eigenvalue weighted by molar-refractivity contribution is 5.82. The Morgan fingerprint density at radius 3 is 2.56 bits per heavy atom. The van der Waals surface area contributed by atoms with Crippen molar-refractivity contribution in [3.05, 3.63) is 64.3 Å². The van der Waals surface area contributed by atoms with Crippen molar-refractivity contribution in [2.45, 2.75) is 19.3 Å². The van der Waals surface area contributed by atoms with Crippen LogP contribution in [0.3, 0.4) is 0 Å². The fourth-order valence-corrected chi connectivity index (χ4v) is 4.39. The summed E-state index contributed by atoms with van der Waals surface area (Å²) in [5.41, 5.74) is 3.54. The molecule has 4 rings (SSSR count). The van der Waals surface area contributed by atoms with Crippen LogP contribution in [0.4, 0.5) is 0 Å². The highest BCUT2D eigenvalue weighted by Crippen LogP contribution is 2.18. The molecule has 1 aliphatic heterocycles. The SMILES string of the molecule is CN1CCN(C(=O)CCc2ccc3c(c2)n(C)c(=O)n3C)C[C@H](Cc2ccccn2)C1=O. The lowest BCUT2D eigenvalue weighted by atomic mass is 10.0. The Morgan fingerprint density at radius 1 is 1.03 bits per heavy atom. The maximum atomic E-state index is 13.0. The average molecular weight is 436 g/mol. The molecule has 0 spiro atoms. The van der Waals surface area contributed by atoms with Gasteiger partial charge in [0.2, 0.25) is 11.8 Å². The first kappa shape index (κ1) is 21.8. The third-order valence-corrected chi connectivity index (χ3v) is 6.37. The van der Waals surface area contributed by atoms with Crippen LogP contribution in [0.5, 0.6) is 0 Å². The molecule has 0 aliphatic carbocycles. The number of carbonyl (C=O) groups excluding carboxylic acids is 2. The molecule has 1 aliphatic rings. The van der Waals surface area contributed by atoms with Gasteiger partial charge in [0.1, 0.15) is 0 Å². The van der Waals surface area contributed by atoms with Crippen molar-refractivity contribution < 1.29 is 9.59 Å². The van der Waals surface area contributed by atoms with Crippen molar-refractivity contribution in [3.63, 3.8) is 0 Å². The molecule has 8 nitrogen and oxygen atoms in total. The summed E-state index contributed by atoms with van der Waals surface area (Å²) < 4.78 is 3.25. The van der Waals surface area contributed by atoms with Crippen LogP contribution in [0.1, 0.15) is 17.7 Å². The second-order valence-electron chi connectivity index (χ2n) is 8.55. The molecule has 0 saturated carbocycles. The minimum Gasteiger partial charge on any atom is -0.344 e. The number of fused-ring (bicyclic) bond motifs is 1. The third-order valence-electron chi connectivity index (χ3n) is 6.37. The first-order chi connectivity index (χ1) is 15.3. The van der Waals surface area contributed by atoms with Crippen LogP contribution in [-0.4, -0.2) is 62.4 Å². The van der Waals surface area contributed by atoms with Gasteiger partial charge in [0, 0.05) is 65.5 Å². The molecule has 8 heteroatoms. The van der Waals surface area contributed by atoms with Gasteiger partial charge in [-0.15, -0.1) is 0 Å². The number of carbonyl (C=O) groups is 2. The van der Waals surface area contributed by atoms with Gasteiger partial charge in [-0.05, 0) is 36.2 Å². The van der Waals surface area contributed by atoms with Gasteiger partial charge in [-0.1, -0.05) is 12.1 Å². The fourth-order valence-electron chi connectivity index (χ4n) is 4.39. The van der Waals surface area contributed by atoms with Crippen LogP contribution in [-0.2, 0) is 36.5 Å². The fraction of sp³-hybridized carbons (Fsp3) is 0.417. The molecule has 2 aromatic heterocycles. The number of aryl methyl sites for hydroxylation is 3. The third kappa shape index (κ3) is 4.30. The molecule has 1 saturated heterocycles. The van der Waals surface area contributed by atoms with Crippen molar-refractivity contribution in [2.75, 3.05) is 26.7 Å². The number of amides is 2. The minimum atomic E-state index is -0.295. The second-order valence-corrected chi connectivity index (χ2v) is 8.55. The van der Waals surface area contributed by atoms with Crippen LogP contribution in [0.25, 0.3) is 11.0 Å². The lowest BCUT2D eigenvalue weighted by Gasteiger charge is -2.23. The summed E-state index contributed by atoms with van der Waals surface area (Å²) in [5, 5.41) is 0. The van der Waals surface area contributed by atoms with E-state index in [0.717, 1.165) is 22.3 Å². The molecule has 168 valence electrons. The van der Waals surface area contributed by atoms with E-state index in [1.54, 1.807) is 41.4 Å². The van der Waals surface area contributed by atoms with Crippen molar-refractivity contribution >= 4 is 22.8 Å². The first-order valence-corrected chi connectivity index (χ1v) is 10.9. The summed E-state index contributed by atoms with van der Waals surface area (Å²) in [7, 11) is 5.31. The molecule has 0 N–H and O–H groups in total. The first-order valence-electron chi connectivity index (χ1n) is 10.9. The van der Waals surface area contributed by atoms with E-state index in [2.05, 4.69) is 4.98 Å². The molecule has 32 heavy (non-hydrogen) atoms. The maximum absolute atomic E-state index is 13.0. The van der Waals surface area contributed by atoms with Crippen molar-refractivity contribution in [2.24, 2.45) is 20.0 Å². The molecular weight excluding hydrogens is 406 g/mol. The maximum Gasteiger partial charge on any atom is 0.328 e. The summed E-state index contributed by atoms with van der Waals surface area (Å²) in [4.78, 5) is 45.9. The normalized spacial score (nSPS) is 17.1. The van der Waals surface area contributed by atoms with Crippen LogP contribution >= 0.6 is 0 Å². The lowest BCUT2D eigenvalue weighted by Crippen LogP contribution is -2.37. The summed E-state index contributed by atoms with van der Waals surface area (Å²) in [6.45, 7) is 1.47. The number of rotatable bonds is 5. The number of imidazole rings is 1. The molecule has 1 atom stereocenters. The van der Waals surface area contributed by atoms with Gasteiger partial charge in [0.25, 0.3) is 0 Å². The van der Waals surface area contributed by atoms with Gasteiger partial charge < -0.3 is 9.80 Å². The van der Waals surface area contributed by atoms with Crippen LogP contribution in [0.15, 0.2) is 47.4 Å². The van der Waals surface area contributed by atoms with E-state index in [0.29, 0.717) is 38.9 Å². The molecule has 1 fully saturated rings. The second kappa shape index (κ2) is 8.98. The van der Waals surface area contributed by atoms with Gasteiger partial charge in [-0.2, -0.15) is 0 Å². The number of hydrogen-bond acceptors (Lipinski definition) is 4. The highest BCUT2D eigenvalue weighted by Gasteiger charge is 2.30. The van der Waals surface area contributed by atoms with E-state index >= 15 is 0 Å². The standard InChI is InChI=1S/C24H29N5O3/c1-26-12-13-29(16-18(23(26)31)15-19-6-4-5-11-25-19)22(30)10-8-17-7-9-20-21(14-17)28(3)24(32)27(20)2/h4-7,9,11,14,18H,8,10,12-13,15-16H2,1-3H3/t18-/m0/s1. The minimum absolute atomic E-state index is 0.0427. The van der Waals surface area contributed by atoms with E-state index < -0.39 is 0 Å². The van der Waals surface area contributed by atoms with Gasteiger partial charge in [-0.3, -0.25) is 23.7 Å². The Morgan fingerprint density at radius 2 is 1.81 bits per heavy atom. The quantitative estimate of drug-likeness (QED) is 0.606. The number of likely N-dealkylation sites (N-methyl/N-ethyl adjacent to an activating group) is 1. The molecule has 2 amide bonds. The van der Waals surface area contributed by atoms with Gasteiger partial charge in [0.15, 0.2) is 0 Å². The molecule has 0 bridgehead atoms. The van der Waals surface area contributed by atoms with Crippen molar-refractivity contribution in [3.8, 4) is 0 Å². The Labute approximate surface area is 187 Å². The number of nitrogens with zero attached hydrogens (tertiary/aromatic N) is 5. The van der Waals surface area contributed by atoms with Gasteiger partial charge in [-0.25, -0.2) is 4.79 Å². The Bertz CT molecular complexity index is 1200. The zero-order valence-corrected chi connectivity index (χ0v) is 18.8. The zero-order valence-electron chi connectivity index (χ0n) is 18.8. The predicted molar refractivity (Wildman–Crippen MR) is 122 cm³/mol. The predicted octanol–water partition coefficient (Wildman–Crippen LogP) is 1.36. The Kier molecular flexibility index (Phi) is 6.12. The number of aromatic nitrogens is 3. The lowest BCUT2D eigenvalue weighted by molar-refractivity contribution is -0.134. The number of benzene rings is 1. The summed E-state index contributed by atoms with van der Waals surface area (Å²) in [6.07, 6.45) is 3.19.